The van der Waals surface area contributed by atoms with Crippen LogP contribution >= 0.6 is 27.7 Å². The minimum absolute atomic E-state index is 0.0148. The number of rotatable bonds is 6. The molecule has 0 bridgehead atoms. The number of imide groups is 1. The van der Waals surface area contributed by atoms with E-state index >= 15 is 0 Å². The van der Waals surface area contributed by atoms with Crippen LogP contribution in [0.1, 0.15) is 30.4 Å². The van der Waals surface area contributed by atoms with E-state index in [9.17, 15) is 18.8 Å². The fourth-order valence-electron chi connectivity index (χ4n) is 3.69. The van der Waals surface area contributed by atoms with E-state index in [2.05, 4.69) is 15.9 Å². The van der Waals surface area contributed by atoms with Crippen molar-refractivity contribution in [2.24, 2.45) is 0 Å². The molecule has 2 aliphatic heterocycles. The van der Waals surface area contributed by atoms with Gasteiger partial charge in [0.1, 0.15) is 24.7 Å². The van der Waals surface area contributed by atoms with Crippen LogP contribution in [0, 0.1) is 5.82 Å². The van der Waals surface area contributed by atoms with Gasteiger partial charge in [-0.25, -0.2) is 4.39 Å². The van der Waals surface area contributed by atoms with Crippen LogP contribution in [0.25, 0.3) is 6.08 Å². The average molecular weight is 533 g/mol. The molecule has 0 aliphatic carbocycles. The van der Waals surface area contributed by atoms with Crippen LogP contribution in [0.2, 0.25) is 0 Å². The van der Waals surface area contributed by atoms with Gasteiger partial charge in [-0.3, -0.25) is 19.3 Å². The number of nitrogens with zero attached hydrogens (tertiary/aromatic N) is 2. The van der Waals surface area contributed by atoms with Crippen LogP contribution in [0.4, 0.5) is 9.18 Å². The van der Waals surface area contributed by atoms with Gasteiger partial charge in [-0.2, -0.15) is 0 Å². The molecule has 4 rings (SSSR count). The Bertz CT molecular complexity index is 1120. The zero-order valence-electron chi connectivity index (χ0n) is 17.8. The Morgan fingerprint density at radius 1 is 1.12 bits per heavy atom. The first-order valence-corrected chi connectivity index (χ1v) is 12.2. The number of halogens is 2. The molecule has 33 heavy (non-hydrogen) atoms. The van der Waals surface area contributed by atoms with E-state index in [0.29, 0.717) is 30.0 Å². The van der Waals surface area contributed by atoms with Gasteiger partial charge >= 0.3 is 0 Å². The lowest BCUT2D eigenvalue weighted by atomic mass is 10.1. The highest BCUT2D eigenvalue weighted by atomic mass is 79.9. The number of hydrogen-bond acceptors (Lipinski definition) is 5. The summed E-state index contributed by atoms with van der Waals surface area (Å²) in [5.74, 6) is -0.640. The fourth-order valence-corrected chi connectivity index (χ4v) is 4.90. The summed E-state index contributed by atoms with van der Waals surface area (Å²) in [4.78, 5) is 40.8. The molecule has 172 valence electrons. The number of amides is 3. The second-order valence-electron chi connectivity index (χ2n) is 7.77. The van der Waals surface area contributed by atoms with E-state index < -0.39 is 11.1 Å². The second-order valence-corrected chi connectivity index (χ2v) is 9.68. The molecule has 3 amide bonds. The molecule has 0 atom stereocenters. The van der Waals surface area contributed by atoms with Gasteiger partial charge in [-0.05, 0) is 61.4 Å². The number of hydrogen-bond donors (Lipinski definition) is 0. The van der Waals surface area contributed by atoms with Crippen LogP contribution in [0.5, 0.6) is 5.75 Å². The smallest absolute Gasteiger partial charge is 0.294 e. The number of benzene rings is 2. The Labute approximate surface area is 203 Å². The summed E-state index contributed by atoms with van der Waals surface area (Å²) in [7, 11) is 0. The molecule has 0 spiro atoms. The summed E-state index contributed by atoms with van der Waals surface area (Å²) in [6.07, 6.45) is 4.53. The van der Waals surface area contributed by atoms with Crippen molar-refractivity contribution < 1.29 is 23.5 Å². The average Bonchev–Trinajstić information content (AvgIpc) is 3.07. The van der Waals surface area contributed by atoms with Gasteiger partial charge in [-0.15, -0.1) is 0 Å². The van der Waals surface area contributed by atoms with E-state index in [1.807, 2.05) is 0 Å². The summed E-state index contributed by atoms with van der Waals surface area (Å²) >= 11 is 4.20. The van der Waals surface area contributed by atoms with E-state index in [4.69, 9.17) is 4.74 Å². The van der Waals surface area contributed by atoms with Crippen molar-refractivity contribution in [2.75, 3.05) is 19.6 Å². The molecule has 2 heterocycles. The van der Waals surface area contributed by atoms with E-state index in [1.54, 1.807) is 47.4 Å². The largest absolute Gasteiger partial charge is 0.488 e. The van der Waals surface area contributed by atoms with Crippen LogP contribution in [-0.2, 0) is 16.2 Å². The first-order chi connectivity index (χ1) is 15.9. The van der Waals surface area contributed by atoms with Gasteiger partial charge in [0.05, 0.1) is 4.91 Å². The maximum Gasteiger partial charge on any atom is 0.294 e. The molecule has 2 saturated heterocycles. The van der Waals surface area contributed by atoms with Crippen molar-refractivity contribution in [2.45, 2.75) is 25.9 Å². The summed E-state index contributed by atoms with van der Waals surface area (Å²) in [6.45, 7) is 1.08. The van der Waals surface area contributed by atoms with E-state index in [-0.39, 0.29) is 29.8 Å². The first kappa shape index (κ1) is 23.5. The highest BCUT2D eigenvalue weighted by Crippen LogP contribution is 2.35. The highest BCUT2D eigenvalue weighted by Gasteiger charge is 2.37. The molecule has 2 aliphatic rings. The molecule has 0 N–H and O–H groups in total. The molecule has 2 fully saturated rings. The van der Waals surface area contributed by atoms with Crippen molar-refractivity contribution in [3.63, 3.8) is 0 Å². The normalized spacial score (nSPS) is 17.7. The Hall–Kier alpha value is -2.65. The molecular formula is C24H22BrFN2O4S. The quantitative estimate of drug-likeness (QED) is 0.477. The Balaban J connectivity index is 1.50. The standard InChI is InChI=1S/C24H22BrFN2O4S/c25-18-8-9-20(32-15-16-6-2-3-7-19(16)26)17(12-18)13-21-23(30)28(24(31)33-21)14-22(29)27-10-4-1-5-11-27/h2-3,6-9,12-13H,1,4-5,10-11,14-15H2/b21-13-. The zero-order valence-corrected chi connectivity index (χ0v) is 20.2. The molecule has 6 nitrogen and oxygen atoms in total. The van der Waals surface area contributed by atoms with Crippen molar-refractivity contribution in [1.82, 2.24) is 9.80 Å². The number of thioether (sulfide) groups is 1. The molecule has 9 heteroatoms. The third-order valence-corrected chi connectivity index (χ3v) is 6.88. The summed E-state index contributed by atoms with van der Waals surface area (Å²) in [5.41, 5.74) is 0.969. The number of carbonyl (C=O) groups excluding carboxylic acids is 3. The fraction of sp³-hybridized carbons (Fsp3) is 0.292. The van der Waals surface area contributed by atoms with Gasteiger partial charge < -0.3 is 9.64 Å². The van der Waals surface area contributed by atoms with Crippen molar-refractivity contribution in [3.05, 3.63) is 68.8 Å². The second kappa shape index (κ2) is 10.5. The predicted molar refractivity (Wildman–Crippen MR) is 128 cm³/mol. The van der Waals surface area contributed by atoms with E-state index in [1.165, 1.54) is 6.07 Å². The topological polar surface area (TPSA) is 66.9 Å². The Kier molecular flexibility index (Phi) is 7.49. The van der Waals surface area contributed by atoms with Crippen LogP contribution in [0.3, 0.4) is 0 Å². The SMILES string of the molecule is O=C(CN1C(=O)S/C(=C\c2cc(Br)ccc2OCc2ccccc2F)C1=O)N1CCCCC1. The monoisotopic (exact) mass is 532 g/mol. The predicted octanol–water partition coefficient (Wildman–Crippen LogP) is 5.22. The van der Waals surface area contributed by atoms with Crippen LogP contribution in [0.15, 0.2) is 51.8 Å². The van der Waals surface area contributed by atoms with Crippen molar-refractivity contribution in [1.29, 1.82) is 0 Å². The molecule has 0 saturated carbocycles. The van der Waals surface area contributed by atoms with Crippen molar-refractivity contribution >= 4 is 50.8 Å². The number of carbonyl (C=O) groups is 3. The maximum absolute atomic E-state index is 13.9. The highest BCUT2D eigenvalue weighted by molar-refractivity contribution is 9.10. The van der Waals surface area contributed by atoms with Crippen molar-refractivity contribution in [3.8, 4) is 5.75 Å². The Morgan fingerprint density at radius 3 is 2.64 bits per heavy atom. The minimum Gasteiger partial charge on any atom is -0.488 e. The van der Waals surface area contributed by atoms with Gasteiger partial charge in [0.15, 0.2) is 0 Å². The number of likely N-dealkylation sites (tertiary alicyclic amines) is 1. The lowest BCUT2D eigenvalue weighted by molar-refractivity contribution is -0.136. The first-order valence-electron chi connectivity index (χ1n) is 10.6. The third-order valence-electron chi connectivity index (χ3n) is 5.48. The van der Waals surface area contributed by atoms with Gasteiger partial charge in [0.2, 0.25) is 5.91 Å². The lowest BCUT2D eigenvalue weighted by Crippen LogP contribution is -2.44. The van der Waals surface area contributed by atoms with Crippen LogP contribution in [-0.4, -0.2) is 46.5 Å². The molecule has 2 aromatic rings. The lowest BCUT2D eigenvalue weighted by Gasteiger charge is -2.27. The summed E-state index contributed by atoms with van der Waals surface area (Å²) in [5, 5.41) is -0.472. The molecule has 2 aromatic carbocycles. The Morgan fingerprint density at radius 2 is 1.88 bits per heavy atom. The van der Waals surface area contributed by atoms with Gasteiger partial charge in [-0.1, -0.05) is 34.1 Å². The van der Waals surface area contributed by atoms with Crippen LogP contribution < -0.4 is 4.74 Å². The van der Waals surface area contributed by atoms with Gasteiger partial charge in [0, 0.05) is 28.7 Å². The van der Waals surface area contributed by atoms with E-state index in [0.717, 1.165) is 40.4 Å². The summed E-state index contributed by atoms with van der Waals surface area (Å²) < 4.78 is 20.5. The maximum atomic E-state index is 13.9. The molecule has 0 aromatic heterocycles. The molecule has 0 radical (unpaired) electrons. The summed E-state index contributed by atoms with van der Waals surface area (Å²) in [6, 6.07) is 11.6. The number of ether oxygens (including phenoxy) is 1. The third kappa shape index (κ3) is 5.65. The van der Waals surface area contributed by atoms with Gasteiger partial charge in [0.25, 0.3) is 11.1 Å². The molecular weight excluding hydrogens is 511 g/mol. The number of piperidine rings is 1. The minimum atomic E-state index is -0.504. The zero-order chi connectivity index (χ0) is 23.4. The molecule has 0 unspecified atom stereocenters.